The molecule has 0 saturated carbocycles. The summed E-state index contributed by atoms with van der Waals surface area (Å²) in [5, 5.41) is 0. The molecule has 0 nitrogen and oxygen atoms in total. The van der Waals surface area contributed by atoms with Crippen LogP contribution in [0.5, 0.6) is 0 Å². The molecule has 0 aliphatic heterocycles. The van der Waals surface area contributed by atoms with E-state index in [1.165, 1.54) is 33.4 Å². The molecule has 0 aromatic heterocycles. The second kappa shape index (κ2) is 5.37. The van der Waals surface area contributed by atoms with Gasteiger partial charge in [0.15, 0.2) is 0 Å². The van der Waals surface area contributed by atoms with Crippen LogP contribution in [0.3, 0.4) is 0 Å². The van der Waals surface area contributed by atoms with E-state index in [-0.39, 0.29) is 26.2 Å². The van der Waals surface area contributed by atoms with Crippen molar-refractivity contribution in [3.8, 4) is 0 Å². The fraction of sp³-hybridized carbons (Fsp3) is 0.118. The number of hydrogen-bond acceptors (Lipinski definition) is 0. The van der Waals surface area contributed by atoms with Gasteiger partial charge in [0.05, 0.1) is 0 Å². The van der Waals surface area contributed by atoms with Crippen molar-refractivity contribution in [2.75, 3.05) is 0 Å². The molecule has 87 valence electrons. The maximum absolute atomic E-state index is 2.24. The third-order valence-electron chi connectivity index (χ3n) is 3.44. The van der Waals surface area contributed by atoms with Crippen molar-refractivity contribution in [2.24, 2.45) is 0 Å². The number of rotatable bonds is 1. The van der Waals surface area contributed by atoms with Gasteiger partial charge in [0, 0.05) is 32.6 Å². The van der Waals surface area contributed by atoms with E-state index in [1.54, 1.807) is 0 Å². The third-order valence-corrected chi connectivity index (χ3v) is 3.44. The SMILES string of the molecule is Cc1ccc(C)c2c1[CH]C=C2c1ccccc1.[Zr]. The Labute approximate surface area is 128 Å². The first-order valence-electron chi connectivity index (χ1n) is 5.98. The van der Waals surface area contributed by atoms with E-state index in [0.29, 0.717) is 0 Å². The van der Waals surface area contributed by atoms with Crippen LogP contribution in [0.1, 0.15) is 27.8 Å². The fourth-order valence-corrected chi connectivity index (χ4v) is 2.51. The van der Waals surface area contributed by atoms with Crippen molar-refractivity contribution in [1.29, 1.82) is 0 Å². The molecule has 2 aromatic carbocycles. The first kappa shape index (κ1) is 13.5. The Balaban J connectivity index is 0.00000120. The molecule has 0 bridgehead atoms. The summed E-state index contributed by atoms with van der Waals surface area (Å²) in [6.07, 6.45) is 4.47. The monoisotopic (exact) mass is 309 g/mol. The van der Waals surface area contributed by atoms with E-state index in [0.717, 1.165) is 0 Å². The maximum atomic E-state index is 2.24. The Morgan fingerprint density at radius 2 is 1.44 bits per heavy atom. The maximum Gasteiger partial charge on any atom is 0.0140 e. The number of benzene rings is 2. The topological polar surface area (TPSA) is 0 Å². The van der Waals surface area contributed by atoms with E-state index in [4.69, 9.17) is 0 Å². The van der Waals surface area contributed by atoms with E-state index >= 15 is 0 Å². The van der Waals surface area contributed by atoms with E-state index < -0.39 is 0 Å². The minimum Gasteiger partial charge on any atom is -0.0675 e. The van der Waals surface area contributed by atoms with Gasteiger partial charge in [-0.15, -0.1) is 0 Å². The second-order valence-electron chi connectivity index (χ2n) is 4.60. The van der Waals surface area contributed by atoms with Crippen LogP contribution in [0, 0.1) is 20.3 Å². The van der Waals surface area contributed by atoms with Gasteiger partial charge in [-0.05, 0) is 47.2 Å². The number of allylic oxidation sites excluding steroid dienone is 1. The zero-order valence-electron chi connectivity index (χ0n) is 10.7. The van der Waals surface area contributed by atoms with Crippen LogP contribution in [0.15, 0.2) is 48.5 Å². The number of fused-ring (bicyclic) bond motifs is 1. The molecule has 0 atom stereocenters. The van der Waals surface area contributed by atoms with Gasteiger partial charge in [-0.25, -0.2) is 0 Å². The van der Waals surface area contributed by atoms with Crippen molar-refractivity contribution in [3.05, 3.63) is 82.8 Å². The summed E-state index contributed by atoms with van der Waals surface area (Å²) in [4.78, 5) is 0. The predicted octanol–water partition coefficient (Wildman–Crippen LogP) is 4.30. The molecular formula is C17H15Zr. The normalized spacial score (nSPS) is 12.7. The molecule has 0 unspecified atom stereocenters. The zero-order valence-corrected chi connectivity index (χ0v) is 13.2. The van der Waals surface area contributed by atoms with Gasteiger partial charge < -0.3 is 0 Å². The summed E-state index contributed by atoms with van der Waals surface area (Å²) in [6.45, 7) is 4.37. The molecule has 0 N–H and O–H groups in total. The van der Waals surface area contributed by atoms with E-state index in [9.17, 15) is 0 Å². The van der Waals surface area contributed by atoms with Gasteiger partial charge in [-0.1, -0.05) is 48.5 Å². The smallest absolute Gasteiger partial charge is 0.0140 e. The Bertz CT molecular complexity index is 595. The summed E-state index contributed by atoms with van der Waals surface area (Å²) in [5.74, 6) is 0. The molecule has 0 amide bonds. The van der Waals surface area contributed by atoms with Crippen LogP contribution in [-0.2, 0) is 26.2 Å². The average Bonchev–Trinajstić information content (AvgIpc) is 2.81. The van der Waals surface area contributed by atoms with Crippen LogP contribution in [0.4, 0.5) is 0 Å². The third kappa shape index (κ3) is 2.17. The first-order chi connectivity index (χ1) is 8.27. The van der Waals surface area contributed by atoms with Crippen molar-refractivity contribution >= 4 is 5.57 Å². The molecule has 18 heavy (non-hydrogen) atoms. The van der Waals surface area contributed by atoms with Gasteiger partial charge in [0.1, 0.15) is 0 Å². The molecule has 0 spiro atoms. The molecule has 3 rings (SSSR count). The molecule has 1 radical (unpaired) electrons. The zero-order chi connectivity index (χ0) is 11.8. The minimum atomic E-state index is 0. The van der Waals surface area contributed by atoms with Crippen LogP contribution in [0.2, 0.25) is 0 Å². The molecule has 2 aromatic rings. The van der Waals surface area contributed by atoms with Crippen LogP contribution >= 0.6 is 0 Å². The predicted molar refractivity (Wildman–Crippen MR) is 72.8 cm³/mol. The Morgan fingerprint density at radius 3 is 2.17 bits per heavy atom. The molecule has 0 heterocycles. The van der Waals surface area contributed by atoms with Crippen LogP contribution in [0.25, 0.3) is 5.57 Å². The molecule has 1 heteroatoms. The van der Waals surface area contributed by atoms with Gasteiger partial charge in [0.2, 0.25) is 0 Å². The quantitative estimate of drug-likeness (QED) is 0.737. The minimum absolute atomic E-state index is 0. The van der Waals surface area contributed by atoms with Gasteiger partial charge in [0.25, 0.3) is 0 Å². The molecule has 1 aliphatic rings. The van der Waals surface area contributed by atoms with Gasteiger partial charge in [-0.2, -0.15) is 0 Å². The van der Waals surface area contributed by atoms with Crippen LogP contribution in [-0.4, -0.2) is 0 Å². The fourth-order valence-electron chi connectivity index (χ4n) is 2.51. The van der Waals surface area contributed by atoms with Crippen molar-refractivity contribution < 1.29 is 26.2 Å². The Hall–Kier alpha value is -0.937. The molecule has 1 aliphatic carbocycles. The van der Waals surface area contributed by atoms with E-state index in [2.05, 4.69) is 68.8 Å². The average molecular weight is 311 g/mol. The summed E-state index contributed by atoms with van der Waals surface area (Å²) in [6, 6.07) is 15.0. The largest absolute Gasteiger partial charge is 0.0675 e. The molecular weight excluding hydrogens is 295 g/mol. The standard InChI is InChI=1S/C17H15.Zr/c1-12-8-9-13(2)17-15(12)10-11-16(17)14-6-4-3-5-7-14;/h3-11H,1-2H3;. The van der Waals surface area contributed by atoms with Crippen molar-refractivity contribution in [3.63, 3.8) is 0 Å². The van der Waals surface area contributed by atoms with Crippen LogP contribution < -0.4 is 0 Å². The molecule has 0 saturated heterocycles. The second-order valence-corrected chi connectivity index (χ2v) is 4.60. The summed E-state index contributed by atoms with van der Waals surface area (Å²) < 4.78 is 0. The number of hydrogen-bond donors (Lipinski definition) is 0. The Kier molecular flexibility index (Phi) is 4.02. The first-order valence-corrected chi connectivity index (χ1v) is 5.98. The van der Waals surface area contributed by atoms with Gasteiger partial charge in [-0.3, -0.25) is 0 Å². The number of aryl methyl sites for hydroxylation is 2. The summed E-state index contributed by atoms with van der Waals surface area (Å²) in [7, 11) is 0. The van der Waals surface area contributed by atoms with Gasteiger partial charge >= 0.3 is 0 Å². The van der Waals surface area contributed by atoms with Crippen molar-refractivity contribution in [1.82, 2.24) is 0 Å². The summed E-state index contributed by atoms with van der Waals surface area (Å²) >= 11 is 0. The Morgan fingerprint density at radius 1 is 0.778 bits per heavy atom. The summed E-state index contributed by atoms with van der Waals surface area (Å²) in [5.41, 5.74) is 8.14. The van der Waals surface area contributed by atoms with E-state index in [1.807, 2.05) is 0 Å². The molecule has 0 fully saturated rings. The van der Waals surface area contributed by atoms with Crippen molar-refractivity contribution in [2.45, 2.75) is 13.8 Å².